The van der Waals surface area contributed by atoms with Crippen LogP contribution in [-0.2, 0) is 28.9 Å². The van der Waals surface area contributed by atoms with Gasteiger partial charge >= 0.3 is 5.97 Å². The molecule has 30 heavy (non-hydrogen) atoms. The molecule has 1 aromatic rings. The van der Waals surface area contributed by atoms with Crippen molar-refractivity contribution < 1.29 is 14.7 Å². The van der Waals surface area contributed by atoms with Gasteiger partial charge in [-0.3, -0.25) is 19.5 Å². The number of hydrogen-bond acceptors (Lipinski definition) is 4. The van der Waals surface area contributed by atoms with E-state index in [4.69, 9.17) is 10.1 Å². The summed E-state index contributed by atoms with van der Waals surface area (Å²) in [5, 5.41) is 8.98. The average molecular weight is 414 g/mol. The van der Waals surface area contributed by atoms with E-state index in [1.54, 1.807) is 0 Å². The summed E-state index contributed by atoms with van der Waals surface area (Å²) in [5.41, 5.74) is 3.63. The molecule has 6 heteroatoms. The lowest BCUT2D eigenvalue weighted by atomic mass is 9.78. The number of carboxylic acid groups (broad SMARTS) is 1. The molecule has 1 aromatic heterocycles. The summed E-state index contributed by atoms with van der Waals surface area (Å²) in [7, 11) is 0. The Morgan fingerprint density at radius 1 is 1.10 bits per heavy atom. The molecule has 0 bridgehead atoms. The lowest BCUT2D eigenvalue weighted by Gasteiger charge is -2.42. The minimum Gasteiger partial charge on any atom is -0.480 e. The van der Waals surface area contributed by atoms with E-state index in [2.05, 4.69) is 24.0 Å². The molecule has 164 valence electrons. The first-order valence-corrected chi connectivity index (χ1v) is 11.6. The summed E-state index contributed by atoms with van der Waals surface area (Å²) in [4.78, 5) is 33.1. The van der Waals surface area contributed by atoms with E-state index in [0.29, 0.717) is 19.0 Å². The van der Waals surface area contributed by atoms with Crippen molar-refractivity contribution >= 4 is 11.9 Å². The summed E-state index contributed by atoms with van der Waals surface area (Å²) in [6.07, 6.45) is 9.46. The zero-order chi connectivity index (χ0) is 21.1. The number of pyridine rings is 1. The van der Waals surface area contributed by atoms with Gasteiger partial charge in [-0.05, 0) is 88.4 Å². The first kappa shape index (κ1) is 21.3. The first-order chi connectivity index (χ1) is 14.4. The third-order valence-electron chi connectivity index (χ3n) is 7.47. The molecule has 2 fully saturated rings. The largest absolute Gasteiger partial charge is 0.480 e. The molecule has 0 radical (unpaired) electrons. The normalized spacial score (nSPS) is 22.5. The van der Waals surface area contributed by atoms with E-state index in [9.17, 15) is 9.59 Å². The van der Waals surface area contributed by atoms with Crippen LogP contribution in [-0.4, -0.2) is 64.5 Å². The molecule has 6 nitrogen and oxygen atoms in total. The van der Waals surface area contributed by atoms with Gasteiger partial charge in [0, 0.05) is 29.9 Å². The highest BCUT2D eigenvalue weighted by molar-refractivity contribution is 5.82. The Labute approximate surface area is 179 Å². The smallest absolute Gasteiger partial charge is 0.317 e. The quantitative estimate of drug-likeness (QED) is 0.803. The number of nitrogens with zero attached hydrogens (tertiary/aromatic N) is 3. The number of hydrogen-bond donors (Lipinski definition) is 1. The summed E-state index contributed by atoms with van der Waals surface area (Å²) < 4.78 is 0. The first-order valence-electron chi connectivity index (χ1n) is 11.6. The highest BCUT2D eigenvalue weighted by Crippen LogP contribution is 2.34. The Bertz CT molecular complexity index is 778. The fourth-order valence-corrected chi connectivity index (χ4v) is 5.37. The predicted molar refractivity (Wildman–Crippen MR) is 115 cm³/mol. The Balaban J connectivity index is 1.27. The van der Waals surface area contributed by atoms with E-state index in [0.717, 1.165) is 51.6 Å². The van der Waals surface area contributed by atoms with Crippen LogP contribution in [0.15, 0.2) is 12.1 Å². The fraction of sp³-hybridized carbons (Fsp3) is 0.708. The van der Waals surface area contributed by atoms with E-state index in [1.165, 1.54) is 36.2 Å². The second kappa shape index (κ2) is 9.04. The molecule has 0 unspecified atom stereocenters. The lowest BCUT2D eigenvalue weighted by Crippen LogP contribution is -2.51. The minimum absolute atomic E-state index is 0.0758. The molecular formula is C24H35N3O3. The van der Waals surface area contributed by atoms with Gasteiger partial charge in [0.15, 0.2) is 0 Å². The van der Waals surface area contributed by atoms with Gasteiger partial charge in [-0.1, -0.05) is 13.0 Å². The summed E-state index contributed by atoms with van der Waals surface area (Å²) in [6, 6.07) is 4.50. The average Bonchev–Trinajstić information content (AvgIpc) is 2.75. The number of carbonyl (C=O) groups is 2. The van der Waals surface area contributed by atoms with Crippen molar-refractivity contribution in [2.75, 3.05) is 32.7 Å². The molecule has 2 saturated heterocycles. The molecule has 4 rings (SSSR count). The molecule has 3 aliphatic rings. The molecular weight excluding hydrogens is 378 g/mol. The number of carboxylic acids is 1. The van der Waals surface area contributed by atoms with E-state index < -0.39 is 5.97 Å². The molecule has 1 aliphatic carbocycles. The van der Waals surface area contributed by atoms with Crippen LogP contribution in [0.1, 0.15) is 62.4 Å². The Hall–Kier alpha value is -1.95. The standard InChI is InChI=1S/C24H35N3O3/c1-24(10-14-26(15-11-24)17-22(28)29)23(30)27-12-8-18(9-13-27)16-20-7-6-19-4-2-3-5-21(19)25-20/h6-7,18H,2-5,8-17H2,1H3,(H,28,29). The Morgan fingerprint density at radius 2 is 1.80 bits per heavy atom. The van der Waals surface area contributed by atoms with E-state index in [-0.39, 0.29) is 17.9 Å². The highest BCUT2D eigenvalue weighted by Gasteiger charge is 2.40. The molecule has 0 atom stereocenters. The maximum atomic E-state index is 13.2. The van der Waals surface area contributed by atoms with Crippen LogP contribution in [0.25, 0.3) is 0 Å². The molecule has 1 amide bonds. The van der Waals surface area contributed by atoms with Crippen LogP contribution >= 0.6 is 0 Å². The van der Waals surface area contributed by atoms with E-state index >= 15 is 0 Å². The van der Waals surface area contributed by atoms with Crippen LogP contribution in [0.3, 0.4) is 0 Å². The van der Waals surface area contributed by atoms with Gasteiger partial charge in [0.05, 0.1) is 6.54 Å². The second-order valence-corrected chi connectivity index (χ2v) is 9.79. The second-order valence-electron chi connectivity index (χ2n) is 9.79. The van der Waals surface area contributed by atoms with Gasteiger partial charge in [0.1, 0.15) is 0 Å². The highest BCUT2D eigenvalue weighted by atomic mass is 16.4. The van der Waals surface area contributed by atoms with Gasteiger partial charge in [-0.15, -0.1) is 0 Å². The topological polar surface area (TPSA) is 73.7 Å². The van der Waals surface area contributed by atoms with Crippen molar-refractivity contribution in [3.8, 4) is 0 Å². The number of amides is 1. The number of aliphatic carboxylic acids is 1. The number of fused-ring (bicyclic) bond motifs is 1. The summed E-state index contributed by atoms with van der Waals surface area (Å²) in [6.45, 7) is 5.19. The number of likely N-dealkylation sites (tertiary alicyclic amines) is 2. The van der Waals surface area contributed by atoms with Gasteiger partial charge < -0.3 is 10.0 Å². The van der Waals surface area contributed by atoms with Gasteiger partial charge in [-0.25, -0.2) is 0 Å². The molecule has 3 heterocycles. The van der Waals surface area contributed by atoms with Crippen molar-refractivity contribution in [2.24, 2.45) is 11.3 Å². The SMILES string of the molecule is CC1(C(=O)N2CCC(Cc3ccc4c(n3)CCCC4)CC2)CCN(CC(=O)O)CC1. The van der Waals surface area contributed by atoms with E-state index in [1.807, 2.05) is 4.90 Å². The maximum Gasteiger partial charge on any atom is 0.317 e. The predicted octanol–water partition coefficient (Wildman–Crippen LogP) is 2.93. The third kappa shape index (κ3) is 4.85. The zero-order valence-corrected chi connectivity index (χ0v) is 18.2. The maximum absolute atomic E-state index is 13.2. The van der Waals surface area contributed by atoms with Crippen molar-refractivity contribution in [1.82, 2.24) is 14.8 Å². The van der Waals surface area contributed by atoms with Crippen molar-refractivity contribution in [3.05, 3.63) is 29.1 Å². The molecule has 2 aliphatic heterocycles. The van der Waals surface area contributed by atoms with Crippen LogP contribution in [0.4, 0.5) is 0 Å². The molecule has 0 saturated carbocycles. The number of carbonyl (C=O) groups excluding carboxylic acids is 1. The number of aryl methyl sites for hydroxylation is 2. The number of rotatable bonds is 5. The molecule has 0 aromatic carbocycles. The van der Waals surface area contributed by atoms with Gasteiger partial charge in [0.2, 0.25) is 5.91 Å². The fourth-order valence-electron chi connectivity index (χ4n) is 5.37. The van der Waals surface area contributed by atoms with Crippen molar-refractivity contribution in [1.29, 1.82) is 0 Å². The Morgan fingerprint density at radius 3 is 2.50 bits per heavy atom. The number of aromatic nitrogens is 1. The summed E-state index contributed by atoms with van der Waals surface area (Å²) in [5.74, 6) is 0.0802. The Kier molecular flexibility index (Phi) is 6.42. The zero-order valence-electron chi connectivity index (χ0n) is 18.2. The van der Waals surface area contributed by atoms with Crippen molar-refractivity contribution in [2.45, 2.75) is 64.7 Å². The van der Waals surface area contributed by atoms with Crippen molar-refractivity contribution in [3.63, 3.8) is 0 Å². The van der Waals surface area contributed by atoms with Crippen LogP contribution in [0.2, 0.25) is 0 Å². The minimum atomic E-state index is -0.791. The summed E-state index contributed by atoms with van der Waals surface area (Å²) >= 11 is 0. The van der Waals surface area contributed by atoms with Gasteiger partial charge in [-0.2, -0.15) is 0 Å². The lowest BCUT2D eigenvalue weighted by molar-refractivity contribution is -0.146. The van der Waals surface area contributed by atoms with Crippen LogP contribution in [0, 0.1) is 11.3 Å². The van der Waals surface area contributed by atoms with Crippen LogP contribution < -0.4 is 0 Å². The monoisotopic (exact) mass is 413 g/mol. The molecule has 1 N–H and O–H groups in total. The number of piperidine rings is 2. The molecule has 0 spiro atoms. The van der Waals surface area contributed by atoms with Gasteiger partial charge in [0.25, 0.3) is 0 Å². The third-order valence-corrected chi connectivity index (χ3v) is 7.47. The van der Waals surface area contributed by atoms with Crippen LogP contribution in [0.5, 0.6) is 0 Å².